The highest BCUT2D eigenvalue weighted by Crippen LogP contribution is 2.50. The molecule has 1 aliphatic heterocycles. The molecule has 4 heteroatoms. The summed E-state index contributed by atoms with van der Waals surface area (Å²) in [6, 6.07) is 17.4. The third kappa shape index (κ3) is 2.58. The third-order valence-electron chi connectivity index (χ3n) is 6.45. The summed E-state index contributed by atoms with van der Waals surface area (Å²) in [4.78, 5) is 15.3. The van der Waals surface area contributed by atoms with Crippen LogP contribution in [0.3, 0.4) is 0 Å². The van der Waals surface area contributed by atoms with Gasteiger partial charge in [-0.2, -0.15) is 0 Å². The van der Waals surface area contributed by atoms with Crippen LogP contribution in [0, 0.1) is 5.82 Å². The maximum atomic E-state index is 13.3. The zero-order valence-corrected chi connectivity index (χ0v) is 15.5. The van der Waals surface area contributed by atoms with E-state index in [1.807, 2.05) is 11.9 Å². The molecule has 1 amide bonds. The van der Waals surface area contributed by atoms with Crippen LogP contribution in [0.15, 0.2) is 54.6 Å². The number of aryl methyl sites for hydroxylation is 1. The van der Waals surface area contributed by atoms with Gasteiger partial charge in [-0.15, -0.1) is 0 Å². The molecule has 0 bridgehead atoms. The van der Waals surface area contributed by atoms with Crippen LogP contribution in [0.4, 0.5) is 4.39 Å². The van der Waals surface area contributed by atoms with E-state index in [-0.39, 0.29) is 17.8 Å². The third-order valence-corrected chi connectivity index (χ3v) is 6.45. The van der Waals surface area contributed by atoms with Crippen LogP contribution >= 0.6 is 0 Å². The van der Waals surface area contributed by atoms with E-state index < -0.39 is 5.41 Å². The van der Waals surface area contributed by atoms with Crippen LogP contribution < -0.4 is 0 Å². The Bertz CT molecular complexity index is 1020. The van der Waals surface area contributed by atoms with Crippen molar-refractivity contribution in [2.24, 2.45) is 0 Å². The van der Waals surface area contributed by atoms with Crippen molar-refractivity contribution >= 4 is 16.8 Å². The normalized spacial score (nSPS) is 20.3. The molecule has 5 rings (SSSR count). The van der Waals surface area contributed by atoms with Crippen LogP contribution in [-0.2, 0) is 23.2 Å². The Morgan fingerprint density at radius 3 is 2.63 bits per heavy atom. The monoisotopic (exact) mass is 362 g/mol. The molecular weight excluding hydrogens is 339 g/mol. The molecule has 3 aromatic rings. The molecule has 2 aliphatic rings. The van der Waals surface area contributed by atoms with E-state index in [4.69, 9.17) is 0 Å². The second-order valence-corrected chi connectivity index (χ2v) is 8.00. The number of fused-ring (bicyclic) bond motifs is 3. The smallest absolute Gasteiger partial charge is 0.233 e. The SMILES string of the molecule is CN(C(=O)C1(c2ccc(F)cc2)CC1)[C@@H]1CCc2cc3ccccc3n2C1. The largest absolute Gasteiger partial charge is 0.343 e. The molecule has 2 heterocycles. The van der Waals surface area contributed by atoms with E-state index in [1.165, 1.54) is 28.7 Å². The Labute approximate surface area is 158 Å². The van der Waals surface area contributed by atoms with Crippen molar-refractivity contribution < 1.29 is 9.18 Å². The predicted octanol–water partition coefficient (Wildman–Crippen LogP) is 4.29. The molecular formula is C23H23FN2O. The number of carbonyl (C=O) groups excluding carboxylic acids is 1. The number of halogens is 1. The number of likely N-dealkylation sites (N-methyl/N-ethyl adjacent to an activating group) is 1. The molecule has 27 heavy (non-hydrogen) atoms. The lowest BCUT2D eigenvalue weighted by Gasteiger charge is -2.35. The van der Waals surface area contributed by atoms with Crippen LogP contribution in [0.5, 0.6) is 0 Å². The minimum Gasteiger partial charge on any atom is -0.343 e. The predicted molar refractivity (Wildman–Crippen MR) is 104 cm³/mol. The van der Waals surface area contributed by atoms with Crippen LogP contribution in [0.1, 0.15) is 30.5 Å². The van der Waals surface area contributed by atoms with E-state index in [1.54, 1.807) is 12.1 Å². The number of hydrogen-bond acceptors (Lipinski definition) is 1. The number of nitrogens with zero attached hydrogens (tertiary/aromatic N) is 2. The molecule has 138 valence electrons. The van der Waals surface area contributed by atoms with Gasteiger partial charge in [-0.25, -0.2) is 4.39 Å². The molecule has 1 aromatic heterocycles. The average Bonchev–Trinajstić information content (AvgIpc) is 3.42. The van der Waals surface area contributed by atoms with E-state index >= 15 is 0 Å². The topological polar surface area (TPSA) is 25.2 Å². The highest BCUT2D eigenvalue weighted by Gasteiger charge is 2.53. The number of carbonyl (C=O) groups is 1. The zero-order valence-electron chi connectivity index (χ0n) is 15.5. The Morgan fingerprint density at radius 1 is 1.15 bits per heavy atom. The van der Waals surface area contributed by atoms with Crippen LogP contribution in [0.2, 0.25) is 0 Å². The number of rotatable bonds is 3. The minimum absolute atomic E-state index is 0.180. The Balaban J connectivity index is 1.40. The summed E-state index contributed by atoms with van der Waals surface area (Å²) in [5, 5.41) is 1.27. The molecule has 0 spiro atoms. The molecule has 0 unspecified atom stereocenters. The van der Waals surface area contributed by atoms with E-state index in [9.17, 15) is 9.18 Å². The lowest BCUT2D eigenvalue weighted by molar-refractivity contribution is -0.135. The number of aromatic nitrogens is 1. The van der Waals surface area contributed by atoms with E-state index in [0.29, 0.717) is 0 Å². The quantitative estimate of drug-likeness (QED) is 0.682. The molecule has 1 fully saturated rings. The van der Waals surface area contributed by atoms with Crippen molar-refractivity contribution in [3.63, 3.8) is 0 Å². The van der Waals surface area contributed by atoms with Gasteiger partial charge >= 0.3 is 0 Å². The van der Waals surface area contributed by atoms with Crippen LogP contribution in [-0.4, -0.2) is 28.5 Å². The lowest BCUT2D eigenvalue weighted by atomic mass is 9.93. The summed E-state index contributed by atoms with van der Waals surface area (Å²) in [7, 11) is 1.94. The van der Waals surface area contributed by atoms with Crippen LogP contribution in [0.25, 0.3) is 10.9 Å². The summed E-state index contributed by atoms with van der Waals surface area (Å²) in [5.74, 6) is -0.0753. The first-order valence-electron chi connectivity index (χ1n) is 9.69. The summed E-state index contributed by atoms with van der Waals surface area (Å²) in [6.07, 6.45) is 3.68. The van der Waals surface area contributed by atoms with Crippen molar-refractivity contribution in [1.82, 2.24) is 9.47 Å². The highest BCUT2D eigenvalue weighted by molar-refractivity contribution is 5.91. The molecule has 0 radical (unpaired) electrons. The van der Waals surface area contributed by atoms with Gasteiger partial charge in [0.05, 0.1) is 5.41 Å². The van der Waals surface area contributed by atoms with Gasteiger partial charge in [-0.1, -0.05) is 30.3 Å². The number of benzene rings is 2. The van der Waals surface area contributed by atoms with Gasteiger partial charge < -0.3 is 9.47 Å². The molecule has 3 nitrogen and oxygen atoms in total. The Morgan fingerprint density at radius 2 is 1.89 bits per heavy atom. The summed E-state index contributed by atoms with van der Waals surface area (Å²) >= 11 is 0. The van der Waals surface area contributed by atoms with Crippen molar-refractivity contribution in [3.8, 4) is 0 Å². The average molecular weight is 362 g/mol. The van der Waals surface area contributed by atoms with Crippen molar-refractivity contribution in [2.45, 2.75) is 43.7 Å². The highest BCUT2D eigenvalue weighted by atomic mass is 19.1. The summed E-state index contributed by atoms with van der Waals surface area (Å²) in [5.41, 5.74) is 3.11. The van der Waals surface area contributed by atoms with E-state index in [2.05, 4.69) is 34.9 Å². The van der Waals surface area contributed by atoms with Crippen molar-refractivity contribution in [2.75, 3.05) is 7.05 Å². The molecule has 1 aliphatic carbocycles. The fraction of sp³-hybridized carbons (Fsp3) is 0.348. The number of hydrogen-bond donors (Lipinski definition) is 0. The maximum absolute atomic E-state index is 13.3. The molecule has 0 N–H and O–H groups in total. The fourth-order valence-electron chi connectivity index (χ4n) is 4.65. The lowest BCUT2D eigenvalue weighted by Crippen LogP contribution is -2.46. The van der Waals surface area contributed by atoms with Crippen molar-refractivity contribution in [1.29, 1.82) is 0 Å². The van der Waals surface area contributed by atoms with Gasteiger partial charge in [0, 0.05) is 30.8 Å². The van der Waals surface area contributed by atoms with Gasteiger partial charge in [0.25, 0.3) is 0 Å². The second kappa shape index (κ2) is 5.95. The number of para-hydroxylation sites is 1. The molecule has 2 aromatic carbocycles. The fourth-order valence-corrected chi connectivity index (χ4v) is 4.65. The molecule has 1 atom stereocenters. The number of amides is 1. The van der Waals surface area contributed by atoms with Crippen molar-refractivity contribution in [3.05, 3.63) is 71.7 Å². The molecule has 1 saturated carbocycles. The Kier molecular flexibility index (Phi) is 3.64. The van der Waals surface area contributed by atoms with Gasteiger partial charge in [-0.05, 0) is 60.9 Å². The second-order valence-electron chi connectivity index (χ2n) is 8.00. The first-order valence-corrected chi connectivity index (χ1v) is 9.69. The van der Waals surface area contributed by atoms with Gasteiger partial charge in [-0.3, -0.25) is 4.79 Å². The zero-order chi connectivity index (χ0) is 18.6. The standard InChI is InChI=1S/C23H23FN2O/c1-25(22(27)23(12-13-23)17-6-8-18(24)9-7-17)20-11-10-19-14-16-4-2-3-5-21(16)26(19)15-20/h2-9,14,20H,10-13,15H2,1H3/t20-/m1/s1. The maximum Gasteiger partial charge on any atom is 0.233 e. The first-order chi connectivity index (χ1) is 13.1. The summed E-state index contributed by atoms with van der Waals surface area (Å²) in [6.45, 7) is 0.838. The summed E-state index contributed by atoms with van der Waals surface area (Å²) < 4.78 is 15.7. The Hall–Kier alpha value is -2.62. The van der Waals surface area contributed by atoms with Gasteiger partial charge in [0.1, 0.15) is 5.82 Å². The van der Waals surface area contributed by atoms with Gasteiger partial charge in [0.2, 0.25) is 5.91 Å². The minimum atomic E-state index is -0.443. The first kappa shape index (κ1) is 16.5. The van der Waals surface area contributed by atoms with Gasteiger partial charge in [0.15, 0.2) is 0 Å². The molecule has 0 saturated heterocycles. The van der Waals surface area contributed by atoms with E-state index in [0.717, 1.165) is 37.8 Å².